The summed E-state index contributed by atoms with van der Waals surface area (Å²) in [4.78, 5) is 0. The van der Waals surface area contributed by atoms with Gasteiger partial charge in [-0.25, -0.2) is 0 Å². The predicted octanol–water partition coefficient (Wildman–Crippen LogP) is 3.34. The molecule has 0 aliphatic carbocycles. The molecule has 0 nitrogen and oxygen atoms in total. The molecule has 14 heavy (non-hydrogen) atoms. The Morgan fingerprint density at radius 1 is 1.07 bits per heavy atom. The average molecular weight is 198 g/mol. The van der Waals surface area contributed by atoms with E-state index in [9.17, 15) is 0 Å². The first-order valence-corrected chi connectivity index (χ1v) is 5.44. The Kier molecular flexibility index (Phi) is 3.00. The van der Waals surface area contributed by atoms with Gasteiger partial charge < -0.3 is 0 Å². The molecule has 0 spiro atoms. The Morgan fingerprint density at radius 2 is 1.93 bits per heavy atom. The highest BCUT2D eigenvalue weighted by Crippen LogP contribution is 2.05. The summed E-state index contributed by atoms with van der Waals surface area (Å²) >= 11 is 1.72. The van der Waals surface area contributed by atoms with Crippen LogP contribution in [0.25, 0.3) is 0 Å². The van der Waals surface area contributed by atoms with Crippen LogP contribution in [-0.2, 0) is 6.42 Å². The van der Waals surface area contributed by atoms with E-state index in [-0.39, 0.29) is 0 Å². The lowest BCUT2D eigenvalue weighted by molar-refractivity contribution is 1.35. The molecule has 1 heterocycles. The maximum atomic E-state index is 3.16. The Morgan fingerprint density at radius 3 is 2.64 bits per heavy atom. The van der Waals surface area contributed by atoms with Crippen molar-refractivity contribution < 1.29 is 0 Å². The van der Waals surface area contributed by atoms with Crippen molar-refractivity contribution in [2.24, 2.45) is 0 Å². The number of rotatable bonds is 1. The van der Waals surface area contributed by atoms with Crippen molar-refractivity contribution in [1.82, 2.24) is 0 Å². The number of benzene rings is 1. The highest BCUT2D eigenvalue weighted by atomic mass is 32.1. The summed E-state index contributed by atoms with van der Waals surface area (Å²) in [5.41, 5.74) is 2.39. The average Bonchev–Trinajstić information content (AvgIpc) is 2.72. The third kappa shape index (κ3) is 2.48. The van der Waals surface area contributed by atoms with Gasteiger partial charge in [0.25, 0.3) is 0 Å². The summed E-state index contributed by atoms with van der Waals surface area (Å²) in [7, 11) is 0. The highest BCUT2D eigenvalue weighted by Gasteiger charge is 1.87. The standard InChI is InChI=1S/C13H10S/c1-2-5-12(6-3-1)7-4-8-13-9-10-14-11-13/h1-3,5-6,9-11H,8H2. The molecule has 0 saturated carbocycles. The van der Waals surface area contributed by atoms with Crippen molar-refractivity contribution in [3.63, 3.8) is 0 Å². The predicted molar refractivity (Wildman–Crippen MR) is 61.3 cm³/mol. The molecule has 0 atom stereocenters. The van der Waals surface area contributed by atoms with Gasteiger partial charge in [-0.3, -0.25) is 0 Å². The molecule has 0 aliphatic rings. The fourth-order valence-electron chi connectivity index (χ4n) is 1.16. The van der Waals surface area contributed by atoms with Gasteiger partial charge in [-0.05, 0) is 34.5 Å². The fourth-order valence-corrected chi connectivity index (χ4v) is 1.83. The molecular weight excluding hydrogens is 188 g/mol. The Labute approximate surface area is 88.2 Å². The first-order chi connectivity index (χ1) is 6.95. The summed E-state index contributed by atoms with van der Waals surface area (Å²) in [6.07, 6.45) is 0.846. The summed E-state index contributed by atoms with van der Waals surface area (Å²) in [6, 6.07) is 12.2. The molecule has 0 N–H and O–H groups in total. The molecule has 2 rings (SSSR count). The van der Waals surface area contributed by atoms with Gasteiger partial charge in [0, 0.05) is 12.0 Å². The smallest absolute Gasteiger partial charge is 0.0352 e. The molecule has 1 heteroatoms. The van der Waals surface area contributed by atoms with Crippen LogP contribution < -0.4 is 0 Å². The van der Waals surface area contributed by atoms with E-state index in [1.807, 2.05) is 30.3 Å². The van der Waals surface area contributed by atoms with E-state index in [4.69, 9.17) is 0 Å². The second kappa shape index (κ2) is 4.64. The van der Waals surface area contributed by atoms with Crippen LogP contribution in [0.2, 0.25) is 0 Å². The molecule has 0 amide bonds. The first kappa shape index (κ1) is 9.05. The zero-order valence-corrected chi connectivity index (χ0v) is 8.55. The van der Waals surface area contributed by atoms with Crippen molar-refractivity contribution in [2.45, 2.75) is 6.42 Å². The van der Waals surface area contributed by atoms with Gasteiger partial charge >= 0.3 is 0 Å². The van der Waals surface area contributed by atoms with Crippen LogP contribution >= 0.6 is 11.3 Å². The summed E-state index contributed by atoms with van der Waals surface area (Å²) < 4.78 is 0. The van der Waals surface area contributed by atoms with E-state index in [1.165, 1.54) is 5.56 Å². The van der Waals surface area contributed by atoms with E-state index >= 15 is 0 Å². The van der Waals surface area contributed by atoms with Crippen molar-refractivity contribution in [3.05, 3.63) is 58.3 Å². The topological polar surface area (TPSA) is 0 Å². The minimum atomic E-state index is 0.846. The molecule has 0 saturated heterocycles. The van der Waals surface area contributed by atoms with Gasteiger partial charge in [-0.2, -0.15) is 11.3 Å². The Hall–Kier alpha value is -1.52. The molecule has 1 aromatic heterocycles. The molecule has 0 fully saturated rings. The monoisotopic (exact) mass is 198 g/mol. The van der Waals surface area contributed by atoms with Crippen molar-refractivity contribution in [2.75, 3.05) is 0 Å². The van der Waals surface area contributed by atoms with Gasteiger partial charge in [0.05, 0.1) is 0 Å². The second-order valence-corrected chi connectivity index (χ2v) is 3.76. The van der Waals surface area contributed by atoms with Crippen LogP contribution in [0.1, 0.15) is 11.1 Å². The molecule has 0 radical (unpaired) electrons. The van der Waals surface area contributed by atoms with E-state index in [0.29, 0.717) is 0 Å². The van der Waals surface area contributed by atoms with E-state index < -0.39 is 0 Å². The minimum Gasteiger partial charge on any atom is -0.152 e. The van der Waals surface area contributed by atoms with Gasteiger partial charge in [-0.1, -0.05) is 30.0 Å². The zero-order valence-electron chi connectivity index (χ0n) is 7.73. The molecule has 0 unspecified atom stereocenters. The summed E-state index contributed by atoms with van der Waals surface area (Å²) in [6.45, 7) is 0. The van der Waals surface area contributed by atoms with Gasteiger partial charge in [0.15, 0.2) is 0 Å². The molecule has 1 aromatic carbocycles. The highest BCUT2D eigenvalue weighted by molar-refractivity contribution is 7.07. The molecule has 2 aromatic rings. The number of hydrogen-bond donors (Lipinski definition) is 0. The van der Waals surface area contributed by atoms with Gasteiger partial charge in [0.2, 0.25) is 0 Å². The van der Waals surface area contributed by atoms with Crippen LogP contribution in [-0.4, -0.2) is 0 Å². The summed E-state index contributed by atoms with van der Waals surface area (Å²) in [5.74, 6) is 6.30. The quantitative estimate of drug-likeness (QED) is 0.616. The van der Waals surface area contributed by atoms with E-state index in [0.717, 1.165) is 12.0 Å². The number of thiophene rings is 1. The van der Waals surface area contributed by atoms with Crippen LogP contribution in [0.3, 0.4) is 0 Å². The zero-order chi connectivity index (χ0) is 9.64. The third-order valence-electron chi connectivity index (χ3n) is 1.88. The van der Waals surface area contributed by atoms with Crippen molar-refractivity contribution in [1.29, 1.82) is 0 Å². The lowest BCUT2D eigenvalue weighted by atomic mass is 10.2. The van der Waals surface area contributed by atoms with Crippen molar-refractivity contribution in [3.8, 4) is 11.8 Å². The largest absolute Gasteiger partial charge is 0.152 e. The molecule has 0 aliphatic heterocycles. The maximum absolute atomic E-state index is 3.16. The number of hydrogen-bond acceptors (Lipinski definition) is 1. The lowest BCUT2D eigenvalue weighted by Crippen LogP contribution is -1.75. The summed E-state index contributed by atoms with van der Waals surface area (Å²) in [5, 5.41) is 4.22. The first-order valence-electron chi connectivity index (χ1n) is 4.50. The lowest BCUT2D eigenvalue weighted by Gasteiger charge is -1.86. The Bertz CT molecular complexity index is 429. The molecular formula is C13H10S. The normalized spacial score (nSPS) is 9.14. The molecule has 0 bridgehead atoms. The van der Waals surface area contributed by atoms with Gasteiger partial charge in [0.1, 0.15) is 0 Å². The van der Waals surface area contributed by atoms with Crippen LogP contribution in [0.15, 0.2) is 47.2 Å². The third-order valence-corrected chi connectivity index (χ3v) is 2.61. The Balaban J connectivity index is 2.02. The van der Waals surface area contributed by atoms with E-state index in [2.05, 4.69) is 28.7 Å². The van der Waals surface area contributed by atoms with E-state index in [1.54, 1.807) is 11.3 Å². The fraction of sp³-hybridized carbons (Fsp3) is 0.0769. The maximum Gasteiger partial charge on any atom is 0.0352 e. The molecule has 68 valence electrons. The minimum absolute atomic E-state index is 0.846. The SMILES string of the molecule is C(#Cc1ccccc1)Cc1ccsc1. The van der Waals surface area contributed by atoms with Crippen molar-refractivity contribution >= 4 is 11.3 Å². The van der Waals surface area contributed by atoms with Crippen LogP contribution in [0.4, 0.5) is 0 Å². The van der Waals surface area contributed by atoms with Gasteiger partial charge in [-0.15, -0.1) is 0 Å². The van der Waals surface area contributed by atoms with Crippen LogP contribution in [0.5, 0.6) is 0 Å². The van der Waals surface area contributed by atoms with Crippen LogP contribution in [0, 0.1) is 11.8 Å². The second-order valence-electron chi connectivity index (χ2n) is 2.98.